The monoisotopic (exact) mass is 293 g/mol. The Hall–Kier alpha value is -1.71. The number of rotatable bonds is 7. The van der Waals surface area contributed by atoms with Gasteiger partial charge < -0.3 is 14.8 Å². The number of carbonyl (C=O) groups excluding carboxylic acids is 1. The van der Waals surface area contributed by atoms with Crippen LogP contribution in [0, 0.1) is 17.8 Å². The number of hydrogen-bond acceptors (Lipinski definition) is 3. The van der Waals surface area contributed by atoms with Crippen LogP contribution in [0.4, 0.5) is 0 Å². The van der Waals surface area contributed by atoms with Crippen LogP contribution >= 0.6 is 0 Å². The minimum atomic E-state index is -0.0986. The van der Waals surface area contributed by atoms with Crippen molar-refractivity contribution in [2.45, 2.75) is 27.7 Å². The van der Waals surface area contributed by atoms with E-state index in [4.69, 9.17) is 9.47 Å². The van der Waals surface area contributed by atoms with Gasteiger partial charge in [0.15, 0.2) is 0 Å². The van der Waals surface area contributed by atoms with Crippen molar-refractivity contribution >= 4 is 5.91 Å². The molecule has 1 aromatic carbocycles. The number of benzene rings is 1. The molecular formula is C17H27NO3. The number of methoxy groups -OCH3 is 2. The molecule has 0 aliphatic carbocycles. The molecule has 1 N–H and O–H groups in total. The Morgan fingerprint density at radius 1 is 1.00 bits per heavy atom. The van der Waals surface area contributed by atoms with Gasteiger partial charge >= 0.3 is 0 Å². The summed E-state index contributed by atoms with van der Waals surface area (Å²) in [5, 5.41) is 3.01. The molecule has 1 amide bonds. The van der Waals surface area contributed by atoms with Gasteiger partial charge in [-0.15, -0.1) is 0 Å². The first-order valence-electron chi connectivity index (χ1n) is 7.40. The topological polar surface area (TPSA) is 47.6 Å². The van der Waals surface area contributed by atoms with Crippen molar-refractivity contribution in [3.8, 4) is 11.5 Å². The van der Waals surface area contributed by atoms with E-state index in [1.807, 2.05) is 0 Å². The van der Waals surface area contributed by atoms with Crippen LogP contribution in [-0.4, -0.2) is 26.7 Å². The molecular weight excluding hydrogens is 266 g/mol. The first-order chi connectivity index (χ1) is 9.88. The highest BCUT2D eigenvalue weighted by molar-refractivity contribution is 5.95. The second-order valence-electron chi connectivity index (χ2n) is 5.96. The standard InChI is InChI=1S/C17H27NO3/c1-11(2)16(12(3)4)10-18-17(19)13-7-14(20-5)9-15(8-13)21-6/h7-9,11-12,16H,10H2,1-6H3,(H,18,19). The van der Waals surface area contributed by atoms with E-state index in [0.717, 1.165) is 0 Å². The normalized spacial score (nSPS) is 11.1. The van der Waals surface area contributed by atoms with Gasteiger partial charge in [0, 0.05) is 18.2 Å². The fraction of sp³-hybridized carbons (Fsp3) is 0.588. The lowest BCUT2D eigenvalue weighted by Crippen LogP contribution is -2.33. The molecule has 0 bridgehead atoms. The first kappa shape index (κ1) is 17.3. The molecule has 0 saturated heterocycles. The molecule has 0 saturated carbocycles. The highest BCUT2D eigenvalue weighted by Crippen LogP contribution is 2.23. The zero-order chi connectivity index (χ0) is 16.0. The summed E-state index contributed by atoms with van der Waals surface area (Å²) < 4.78 is 10.4. The van der Waals surface area contributed by atoms with Crippen LogP contribution in [0.25, 0.3) is 0 Å². The molecule has 0 radical (unpaired) electrons. The Labute approximate surface area is 127 Å². The van der Waals surface area contributed by atoms with Gasteiger partial charge in [-0.2, -0.15) is 0 Å². The van der Waals surface area contributed by atoms with Gasteiger partial charge in [-0.05, 0) is 29.9 Å². The first-order valence-corrected chi connectivity index (χ1v) is 7.40. The maximum atomic E-state index is 12.3. The SMILES string of the molecule is COc1cc(OC)cc(C(=O)NCC(C(C)C)C(C)C)c1. The molecule has 0 atom stereocenters. The molecule has 1 aromatic rings. The summed E-state index contributed by atoms with van der Waals surface area (Å²) >= 11 is 0. The van der Waals surface area contributed by atoms with Gasteiger partial charge in [-0.1, -0.05) is 27.7 Å². The maximum Gasteiger partial charge on any atom is 0.251 e. The van der Waals surface area contributed by atoms with Gasteiger partial charge in [-0.3, -0.25) is 4.79 Å². The van der Waals surface area contributed by atoms with E-state index in [2.05, 4.69) is 33.0 Å². The van der Waals surface area contributed by atoms with E-state index in [0.29, 0.717) is 41.4 Å². The predicted octanol–water partition coefficient (Wildman–Crippen LogP) is 3.36. The summed E-state index contributed by atoms with van der Waals surface area (Å²) in [6.07, 6.45) is 0. The van der Waals surface area contributed by atoms with E-state index in [9.17, 15) is 4.79 Å². The second-order valence-corrected chi connectivity index (χ2v) is 5.96. The molecule has 0 aliphatic rings. The highest BCUT2D eigenvalue weighted by atomic mass is 16.5. The van der Waals surface area contributed by atoms with E-state index in [-0.39, 0.29) is 5.91 Å². The Balaban J connectivity index is 2.79. The van der Waals surface area contributed by atoms with Crippen molar-refractivity contribution in [3.63, 3.8) is 0 Å². The number of amides is 1. The molecule has 4 nitrogen and oxygen atoms in total. The zero-order valence-electron chi connectivity index (χ0n) is 13.9. The average molecular weight is 293 g/mol. The van der Waals surface area contributed by atoms with Crippen LogP contribution in [0.1, 0.15) is 38.1 Å². The van der Waals surface area contributed by atoms with Crippen LogP contribution in [0.5, 0.6) is 11.5 Å². The van der Waals surface area contributed by atoms with E-state index in [1.54, 1.807) is 32.4 Å². The van der Waals surface area contributed by atoms with E-state index in [1.165, 1.54) is 0 Å². The third-order valence-electron chi connectivity index (χ3n) is 3.82. The van der Waals surface area contributed by atoms with Gasteiger partial charge in [0.05, 0.1) is 14.2 Å². The second kappa shape index (κ2) is 7.91. The Bertz CT molecular complexity index is 439. The largest absolute Gasteiger partial charge is 0.497 e. The Morgan fingerprint density at radius 3 is 1.86 bits per heavy atom. The van der Waals surface area contributed by atoms with Gasteiger partial charge in [0.2, 0.25) is 0 Å². The van der Waals surface area contributed by atoms with Crippen LogP contribution in [0.2, 0.25) is 0 Å². The lowest BCUT2D eigenvalue weighted by atomic mass is 9.85. The third kappa shape index (κ3) is 4.96. The number of carbonyl (C=O) groups is 1. The molecule has 1 rings (SSSR count). The van der Waals surface area contributed by atoms with Crippen LogP contribution in [0.3, 0.4) is 0 Å². The van der Waals surface area contributed by atoms with E-state index < -0.39 is 0 Å². The zero-order valence-corrected chi connectivity index (χ0v) is 13.9. The summed E-state index contributed by atoms with van der Waals surface area (Å²) in [6.45, 7) is 9.42. The molecule has 0 aromatic heterocycles. The molecule has 0 fully saturated rings. The van der Waals surface area contributed by atoms with Crippen LogP contribution in [0.15, 0.2) is 18.2 Å². The number of hydrogen-bond donors (Lipinski definition) is 1. The smallest absolute Gasteiger partial charge is 0.251 e. The predicted molar refractivity (Wildman–Crippen MR) is 85.0 cm³/mol. The summed E-state index contributed by atoms with van der Waals surface area (Å²) in [7, 11) is 3.15. The van der Waals surface area contributed by atoms with E-state index >= 15 is 0 Å². The molecule has 0 unspecified atom stereocenters. The minimum absolute atomic E-state index is 0.0986. The van der Waals surface area contributed by atoms with Gasteiger partial charge in [0.25, 0.3) is 5.91 Å². The molecule has 0 spiro atoms. The minimum Gasteiger partial charge on any atom is -0.497 e. The Kier molecular flexibility index (Phi) is 6.53. The Morgan fingerprint density at radius 2 is 1.48 bits per heavy atom. The lowest BCUT2D eigenvalue weighted by Gasteiger charge is -2.25. The van der Waals surface area contributed by atoms with Crippen LogP contribution < -0.4 is 14.8 Å². The summed E-state index contributed by atoms with van der Waals surface area (Å²) in [5.41, 5.74) is 0.553. The van der Waals surface area contributed by atoms with Gasteiger partial charge in [-0.25, -0.2) is 0 Å². The maximum absolute atomic E-state index is 12.3. The summed E-state index contributed by atoms with van der Waals surface area (Å²) in [6, 6.07) is 5.19. The van der Waals surface area contributed by atoms with Crippen molar-refractivity contribution in [3.05, 3.63) is 23.8 Å². The van der Waals surface area contributed by atoms with Crippen molar-refractivity contribution in [1.82, 2.24) is 5.32 Å². The quantitative estimate of drug-likeness (QED) is 0.838. The van der Waals surface area contributed by atoms with Crippen LogP contribution in [-0.2, 0) is 0 Å². The van der Waals surface area contributed by atoms with Gasteiger partial charge in [0.1, 0.15) is 11.5 Å². The molecule has 4 heteroatoms. The third-order valence-corrected chi connectivity index (χ3v) is 3.82. The molecule has 21 heavy (non-hydrogen) atoms. The summed E-state index contributed by atoms with van der Waals surface area (Å²) in [4.78, 5) is 12.3. The van der Waals surface area contributed by atoms with Crippen molar-refractivity contribution in [2.75, 3.05) is 20.8 Å². The fourth-order valence-electron chi connectivity index (χ4n) is 2.49. The highest BCUT2D eigenvalue weighted by Gasteiger charge is 2.19. The number of ether oxygens (including phenoxy) is 2. The summed E-state index contributed by atoms with van der Waals surface area (Å²) in [5.74, 6) is 2.66. The molecule has 118 valence electrons. The molecule has 0 heterocycles. The van der Waals surface area contributed by atoms with Crippen molar-refractivity contribution in [1.29, 1.82) is 0 Å². The number of nitrogens with one attached hydrogen (secondary N) is 1. The van der Waals surface area contributed by atoms with Crippen molar-refractivity contribution < 1.29 is 14.3 Å². The lowest BCUT2D eigenvalue weighted by molar-refractivity contribution is 0.0936. The molecule has 0 aliphatic heterocycles. The average Bonchev–Trinajstić information content (AvgIpc) is 2.45. The fourth-order valence-corrected chi connectivity index (χ4v) is 2.49. The van der Waals surface area contributed by atoms with Crippen molar-refractivity contribution in [2.24, 2.45) is 17.8 Å².